The Morgan fingerprint density at radius 2 is 2.25 bits per heavy atom. The Morgan fingerprint density at radius 3 is 3.05 bits per heavy atom. The van der Waals surface area contributed by atoms with Crippen molar-refractivity contribution in [3.05, 3.63) is 46.8 Å². The fourth-order valence-corrected chi connectivity index (χ4v) is 2.77. The zero-order valence-corrected chi connectivity index (χ0v) is 12.0. The second-order valence-electron chi connectivity index (χ2n) is 5.28. The van der Waals surface area contributed by atoms with Crippen LogP contribution in [0.1, 0.15) is 35.5 Å². The molecule has 4 nitrogen and oxygen atoms in total. The van der Waals surface area contributed by atoms with Crippen molar-refractivity contribution in [2.24, 2.45) is 0 Å². The van der Waals surface area contributed by atoms with Crippen LogP contribution in [0.25, 0.3) is 0 Å². The molecule has 106 valence electrons. The molecule has 0 saturated heterocycles. The summed E-state index contributed by atoms with van der Waals surface area (Å²) in [4.78, 5) is 0. The molecule has 0 fully saturated rings. The fraction of sp³-hybridized carbons (Fsp3) is 0.438. The highest BCUT2D eigenvalue weighted by molar-refractivity contribution is 5.40. The highest BCUT2D eigenvalue weighted by Gasteiger charge is 2.17. The predicted octanol–water partition coefficient (Wildman–Crippen LogP) is 2.42. The molecule has 2 aromatic rings. The minimum atomic E-state index is -0.498. The van der Waals surface area contributed by atoms with Gasteiger partial charge in [-0.1, -0.05) is 6.07 Å². The highest BCUT2D eigenvalue weighted by Crippen LogP contribution is 2.29. The summed E-state index contributed by atoms with van der Waals surface area (Å²) in [6.07, 6.45) is 1.03. The van der Waals surface area contributed by atoms with Crippen LogP contribution in [0.2, 0.25) is 0 Å². The van der Waals surface area contributed by atoms with Crippen LogP contribution in [0.3, 0.4) is 0 Å². The van der Waals surface area contributed by atoms with Gasteiger partial charge in [0.25, 0.3) is 0 Å². The summed E-state index contributed by atoms with van der Waals surface area (Å²) < 4.78 is 7.45. The fourth-order valence-electron chi connectivity index (χ4n) is 2.77. The first kappa shape index (κ1) is 13.2. The molecule has 1 unspecified atom stereocenters. The van der Waals surface area contributed by atoms with Gasteiger partial charge in [0.1, 0.15) is 5.75 Å². The van der Waals surface area contributed by atoms with Gasteiger partial charge in [-0.25, -0.2) is 0 Å². The molecule has 0 aliphatic carbocycles. The molecule has 1 aliphatic heterocycles. The van der Waals surface area contributed by atoms with Crippen molar-refractivity contribution in [1.82, 2.24) is 9.78 Å². The van der Waals surface area contributed by atoms with Gasteiger partial charge in [0, 0.05) is 25.1 Å². The maximum atomic E-state index is 10.5. The molecule has 1 aromatic carbocycles. The first-order valence-corrected chi connectivity index (χ1v) is 7.14. The zero-order chi connectivity index (χ0) is 14.1. The third kappa shape index (κ3) is 2.43. The monoisotopic (exact) mass is 272 g/mol. The van der Waals surface area contributed by atoms with Crippen molar-refractivity contribution < 1.29 is 9.84 Å². The Kier molecular flexibility index (Phi) is 3.49. The van der Waals surface area contributed by atoms with Gasteiger partial charge in [-0.2, -0.15) is 5.10 Å². The van der Waals surface area contributed by atoms with Crippen LogP contribution in [0, 0.1) is 6.92 Å². The van der Waals surface area contributed by atoms with Crippen LogP contribution in [-0.2, 0) is 19.4 Å². The van der Waals surface area contributed by atoms with Gasteiger partial charge >= 0.3 is 0 Å². The second-order valence-corrected chi connectivity index (χ2v) is 5.28. The SMILES string of the molecule is CCn1nc(C)cc1CC(O)c1ccc2c(c1)CCO2. The third-order valence-corrected chi connectivity index (χ3v) is 3.79. The first-order chi connectivity index (χ1) is 9.67. The number of fused-ring (bicyclic) bond motifs is 1. The maximum absolute atomic E-state index is 10.5. The molecule has 4 heteroatoms. The van der Waals surface area contributed by atoms with Crippen LogP contribution < -0.4 is 4.74 Å². The van der Waals surface area contributed by atoms with E-state index in [0.29, 0.717) is 6.42 Å². The van der Waals surface area contributed by atoms with E-state index in [9.17, 15) is 5.11 Å². The lowest BCUT2D eigenvalue weighted by atomic mass is 10.0. The predicted molar refractivity (Wildman–Crippen MR) is 76.9 cm³/mol. The highest BCUT2D eigenvalue weighted by atomic mass is 16.5. The summed E-state index contributed by atoms with van der Waals surface area (Å²) in [5.74, 6) is 0.954. The number of aliphatic hydroxyl groups is 1. The van der Waals surface area contributed by atoms with Gasteiger partial charge < -0.3 is 9.84 Å². The van der Waals surface area contributed by atoms with Gasteiger partial charge in [0.2, 0.25) is 0 Å². The standard InChI is InChI=1S/C16H20N2O2/c1-3-18-14(8-11(2)17-18)10-15(19)12-4-5-16-13(9-12)6-7-20-16/h4-5,8-9,15,19H,3,6-7,10H2,1-2H3. The van der Waals surface area contributed by atoms with Crippen LogP contribution in [0.4, 0.5) is 0 Å². The minimum Gasteiger partial charge on any atom is -0.493 e. The summed E-state index contributed by atoms with van der Waals surface area (Å²) in [6, 6.07) is 8.02. The van der Waals surface area contributed by atoms with Gasteiger partial charge in [-0.3, -0.25) is 4.68 Å². The van der Waals surface area contributed by atoms with E-state index in [4.69, 9.17) is 4.74 Å². The van der Waals surface area contributed by atoms with Crippen molar-refractivity contribution in [3.63, 3.8) is 0 Å². The van der Waals surface area contributed by atoms with Crippen molar-refractivity contribution >= 4 is 0 Å². The number of nitrogens with zero attached hydrogens (tertiary/aromatic N) is 2. The average Bonchev–Trinajstić information content (AvgIpc) is 3.03. The molecule has 0 spiro atoms. The van der Waals surface area contributed by atoms with Crippen molar-refractivity contribution in [2.45, 2.75) is 39.3 Å². The molecular formula is C16H20N2O2. The van der Waals surface area contributed by atoms with Gasteiger partial charge in [0.05, 0.1) is 18.4 Å². The Balaban J connectivity index is 1.80. The number of ether oxygens (including phenoxy) is 1. The summed E-state index contributed by atoms with van der Waals surface area (Å²) in [5, 5.41) is 14.9. The normalized spacial score (nSPS) is 14.9. The van der Waals surface area contributed by atoms with E-state index in [0.717, 1.165) is 42.3 Å². The van der Waals surface area contributed by atoms with E-state index in [1.807, 2.05) is 29.8 Å². The van der Waals surface area contributed by atoms with Crippen LogP contribution in [0.15, 0.2) is 24.3 Å². The largest absolute Gasteiger partial charge is 0.493 e. The van der Waals surface area contributed by atoms with E-state index in [1.165, 1.54) is 5.56 Å². The summed E-state index contributed by atoms with van der Waals surface area (Å²) in [6.45, 7) is 5.62. The Labute approximate surface area is 119 Å². The number of aliphatic hydroxyl groups excluding tert-OH is 1. The average molecular weight is 272 g/mol. The topological polar surface area (TPSA) is 47.3 Å². The van der Waals surface area contributed by atoms with Crippen LogP contribution >= 0.6 is 0 Å². The minimum absolute atomic E-state index is 0.498. The number of hydrogen-bond acceptors (Lipinski definition) is 3. The molecule has 3 rings (SSSR count). The van der Waals surface area contributed by atoms with E-state index in [2.05, 4.69) is 18.1 Å². The molecule has 20 heavy (non-hydrogen) atoms. The Morgan fingerprint density at radius 1 is 1.40 bits per heavy atom. The van der Waals surface area contributed by atoms with E-state index in [1.54, 1.807) is 0 Å². The lowest BCUT2D eigenvalue weighted by Gasteiger charge is -2.13. The van der Waals surface area contributed by atoms with E-state index < -0.39 is 6.10 Å². The summed E-state index contributed by atoms with van der Waals surface area (Å²) >= 11 is 0. The number of rotatable bonds is 4. The number of aromatic nitrogens is 2. The quantitative estimate of drug-likeness (QED) is 0.930. The number of benzene rings is 1. The number of hydrogen-bond donors (Lipinski definition) is 1. The maximum Gasteiger partial charge on any atom is 0.122 e. The Hall–Kier alpha value is -1.81. The molecule has 0 saturated carbocycles. The lowest BCUT2D eigenvalue weighted by molar-refractivity contribution is 0.175. The van der Waals surface area contributed by atoms with Crippen molar-refractivity contribution in [2.75, 3.05) is 6.61 Å². The van der Waals surface area contributed by atoms with Gasteiger partial charge in [0.15, 0.2) is 0 Å². The number of aryl methyl sites for hydroxylation is 2. The first-order valence-electron chi connectivity index (χ1n) is 7.14. The smallest absolute Gasteiger partial charge is 0.122 e. The molecule has 0 bridgehead atoms. The van der Waals surface area contributed by atoms with Gasteiger partial charge in [-0.05, 0) is 43.2 Å². The molecule has 1 aromatic heterocycles. The van der Waals surface area contributed by atoms with Crippen molar-refractivity contribution in [1.29, 1.82) is 0 Å². The summed E-state index contributed by atoms with van der Waals surface area (Å²) in [5.41, 5.74) is 4.23. The third-order valence-electron chi connectivity index (χ3n) is 3.79. The van der Waals surface area contributed by atoms with Crippen LogP contribution in [0.5, 0.6) is 5.75 Å². The lowest BCUT2D eigenvalue weighted by Crippen LogP contribution is -2.08. The Bertz CT molecular complexity index is 619. The van der Waals surface area contributed by atoms with E-state index in [-0.39, 0.29) is 0 Å². The zero-order valence-electron chi connectivity index (χ0n) is 12.0. The molecule has 0 radical (unpaired) electrons. The molecular weight excluding hydrogens is 252 g/mol. The van der Waals surface area contributed by atoms with Gasteiger partial charge in [-0.15, -0.1) is 0 Å². The van der Waals surface area contributed by atoms with Crippen LogP contribution in [-0.4, -0.2) is 21.5 Å². The summed E-state index contributed by atoms with van der Waals surface area (Å²) in [7, 11) is 0. The van der Waals surface area contributed by atoms with Crippen molar-refractivity contribution in [3.8, 4) is 5.75 Å². The molecule has 1 N–H and O–H groups in total. The molecule has 1 atom stereocenters. The molecule has 2 heterocycles. The molecule has 0 amide bonds. The molecule has 1 aliphatic rings. The second kappa shape index (κ2) is 5.29. The van der Waals surface area contributed by atoms with E-state index >= 15 is 0 Å².